The molecule has 0 aromatic heterocycles. The minimum atomic E-state index is 0.274. The molecule has 3 rings (SSSR count). The van der Waals surface area contributed by atoms with Crippen molar-refractivity contribution in [2.24, 2.45) is 5.92 Å². The van der Waals surface area contributed by atoms with E-state index in [0.29, 0.717) is 12.3 Å². The maximum Gasteiger partial charge on any atom is 0.223 e. The maximum absolute atomic E-state index is 11.9. The Balaban J connectivity index is 1.71. The number of likely N-dealkylation sites (tertiary alicyclic amines) is 1. The average molecular weight is 310 g/mol. The summed E-state index contributed by atoms with van der Waals surface area (Å²) in [7, 11) is 0. The second kappa shape index (κ2) is 4.92. The molecule has 0 aliphatic carbocycles. The number of halogens is 1. The van der Waals surface area contributed by atoms with Crippen LogP contribution in [0, 0.1) is 5.92 Å². The van der Waals surface area contributed by atoms with E-state index >= 15 is 0 Å². The number of rotatable bonds is 3. The van der Waals surface area contributed by atoms with Crippen LogP contribution in [-0.2, 0) is 17.8 Å². The number of hydrogen-bond acceptors (Lipinski definition) is 2. The third-order valence-corrected chi connectivity index (χ3v) is 4.56. The molecule has 0 spiro atoms. The van der Waals surface area contributed by atoms with Gasteiger partial charge in [0, 0.05) is 31.3 Å². The molecule has 0 bridgehead atoms. The van der Waals surface area contributed by atoms with Gasteiger partial charge >= 0.3 is 0 Å². The number of amides is 1. The van der Waals surface area contributed by atoms with E-state index in [2.05, 4.69) is 28.1 Å². The fourth-order valence-corrected chi connectivity index (χ4v) is 3.10. The fourth-order valence-electron chi connectivity index (χ4n) is 2.67. The second-order valence-electron chi connectivity index (χ2n) is 5.04. The molecule has 2 heterocycles. The molecule has 1 aromatic carbocycles. The van der Waals surface area contributed by atoms with Gasteiger partial charge in [-0.2, -0.15) is 0 Å². The van der Waals surface area contributed by atoms with Crippen molar-refractivity contribution in [1.29, 1.82) is 0 Å². The van der Waals surface area contributed by atoms with E-state index in [1.165, 1.54) is 11.1 Å². The van der Waals surface area contributed by atoms with Crippen LogP contribution in [0.15, 0.2) is 18.2 Å². The van der Waals surface area contributed by atoms with Gasteiger partial charge in [-0.1, -0.05) is 28.1 Å². The maximum atomic E-state index is 11.9. The summed E-state index contributed by atoms with van der Waals surface area (Å²) in [5.41, 5.74) is 2.49. The van der Waals surface area contributed by atoms with Crippen LogP contribution < -0.4 is 4.74 Å². The highest BCUT2D eigenvalue weighted by molar-refractivity contribution is 9.09. The van der Waals surface area contributed by atoms with Gasteiger partial charge in [-0.15, -0.1) is 0 Å². The summed E-state index contributed by atoms with van der Waals surface area (Å²) in [5, 5.41) is 0.910. The van der Waals surface area contributed by atoms with E-state index in [4.69, 9.17) is 4.74 Å². The van der Waals surface area contributed by atoms with Crippen LogP contribution in [0.2, 0.25) is 0 Å². The molecule has 3 nitrogen and oxygen atoms in total. The smallest absolute Gasteiger partial charge is 0.223 e. The van der Waals surface area contributed by atoms with Crippen molar-refractivity contribution in [3.05, 3.63) is 29.3 Å². The van der Waals surface area contributed by atoms with Crippen LogP contribution in [-0.4, -0.2) is 29.3 Å². The molecular weight excluding hydrogens is 294 g/mol. The number of carbonyl (C=O) groups is 1. The van der Waals surface area contributed by atoms with Gasteiger partial charge in [0.2, 0.25) is 5.91 Å². The van der Waals surface area contributed by atoms with Crippen LogP contribution in [0.1, 0.15) is 17.5 Å². The molecule has 1 aromatic rings. The van der Waals surface area contributed by atoms with Gasteiger partial charge in [0.05, 0.1) is 6.61 Å². The Kier molecular flexibility index (Phi) is 3.29. The van der Waals surface area contributed by atoms with Gasteiger partial charge in [-0.3, -0.25) is 4.79 Å². The molecule has 2 aliphatic rings. The average Bonchev–Trinajstić information content (AvgIpc) is 2.96. The van der Waals surface area contributed by atoms with Crippen LogP contribution in [0.4, 0.5) is 0 Å². The zero-order valence-electron chi connectivity index (χ0n) is 10.2. The lowest BCUT2D eigenvalue weighted by atomic mass is 10.1. The number of benzene rings is 1. The van der Waals surface area contributed by atoms with E-state index in [9.17, 15) is 4.79 Å². The van der Waals surface area contributed by atoms with E-state index in [1.807, 2.05) is 11.0 Å². The molecule has 1 unspecified atom stereocenters. The third kappa shape index (κ3) is 2.26. The Morgan fingerprint density at radius 2 is 2.33 bits per heavy atom. The molecule has 96 valence electrons. The molecule has 1 amide bonds. The van der Waals surface area contributed by atoms with Crippen molar-refractivity contribution >= 4 is 21.8 Å². The molecule has 0 N–H and O–H groups in total. The van der Waals surface area contributed by atoms with Gasteiger partial charge in [0.15, 0.2) is 0 Å². The first-order valence-electron chi connectivity index (χ1n) is 6.34. The normalized spacial score (nSPS) is 22.2. The first-order valence-corrected chi connectivity index (χ1v) is 7.47. The van der Waals surface area contributed by atoms with E-state index < -0.39 is 0 Å². The molecule has 1 atom stereocenters. The Morgan fingerprint density at radius 3 is 3.11 bits per heavy atom. The summed E-state index contributed by atoms with van der Waals surface area (Å²) in [6, 6.07) is 6.27. The second-order valence-corrected chi connectivity index (χ2v) is 5.69. The summed E-state index contributed by atoms with van der Waals surface area (Å²) < 4.78 is 5.49. The Hall–Kier alpha value is -1.03. The van der Waals surface area contributed by atoms with Crippen LogP contribution >= 0.6 is 15.9 Å². The highest BCUT2D eigenvalue weighted by Crippen LogP contribution is 2.27. The summed E-state index contributed by atoms with van der Waals surface area (Å²) in [6.45, 7) is 2.39. The molecule has 2 aliphatic heterocycles. The van der Waals surface area contributed by atoms with Gasteiger partial charge in [0.1, 0.15) is 5.75 Å². The standard InChI is InChI=1S/C14H16BrNO2/c15-7-11-6-14(17)16(9-11)8-10-1-2-13-12(5-10)3-4-18-13/h1-2,5,11H,3-4,6-9H2. The lowest BCUT2D eigenvalue weighted by molar-refractivity contribution is -0.128. The zero-order chi connectivity index (χ0) is 12.5. The SMILES string of the molecule is O=C1CC(CBr)CN1Cc1ccc2c(c1)CCO2. The Bertz CT molecular complexity index is 475. The highest BCUT2D eigenvalue weighted by atomic mass is 79.9. The topological polar surface area (TPSA) is 29.5 Å². The first-order chi connectivity index (χ1) is 8.76. The minimum absolute atomic E-state index is 0.274. The van der Waals surface area contributed by atoms with Crippen molar-refractivity contribution in [3.8, 4) is 5.75 Å². The number of nitrogens with zero attached hydrogens (tertiary/aromatic N) is 1. The summed E-state index contributed by atoms with van der Waals surface area (Å²) in [4.78, 5) is 13.8. The summed E-state index contributed by atoms with van der Waals surface area (Å²) in [5.74, 6) is 1.75. The predicted octanol–water partition coefficient (Wildman–Crippen LogP) is 2.36. The third-order valence-electron chi connectivity index (χ3n) is 3.64. The van der Waals surface area contributed by atoms with E-state index in [-0.39, 0.29) is 5.91 Å². The lowest BCUT2D eigenvalue weighted by Crippen LogP contribution is -2.24. The van der Waals surface area contributed by atoms with Crippen molar-refractivity contribution in [1.82, 2.24) is 4.90 Å². The van der Waals surface area contributed by atoms with Crippen LogP contribution in [0.3, 0.4) is 0 Å². The Morgan fingerprint density at radius 1 is 1.44 bits per heavy atom. The quantitative estimate of drug-likeness (QED) is 0.802. The molecule has 1 saturated heterocycles. The van der Waals surface area contributed by atoms with Crippen molar-refractivity contribution in [2.45, 2.75) is 19.4 Å². The lowest BCUT2D eigenvalue weighted by Gasteiger charge is -2.16. The largest absolute Gasteiger partial charge is 0.493 e. The Labute approximate surface area is 115 Å². The van der Waals surface area contributed by atoms with Gasteiger partial charge in [-0.05, 0) is 23.1 Å². The molecule has 4 heteroatoms. The predicted molar refractivity (Wildman–Crippen MR) is 73.0 cm³/mol. The number of ether oxygens (including phenoxy) is 1. The highest BCUT2D eigenvalue weighted by Gasteiger charge is 2.28. The molecule has 0 saturated carbocycles. The summed E-state index contributed by atoms with van der Waals surface area (Å²) in [6.07, 6.45) is 1.67. The number of alkyl halides is 1. The van der Waals surface area contributed by atoms with Gasteiger partial charge in [-0.25, -0.2) is 0 Å². The molecule has 18 heavy (non-hydrogen) atoms. The monoisotopic (exact) mass is 309 g/mol. The van der Waals surface area contributed by atoms with Crippen molar-refractivity contribution in [3.63, 3.8) is 0 Å². The number of fused-ring (bicyclic) bond motifs is 1. The first kappa shape index (κ1) is 12.0. The van der Waals surface area contributed by atoms with Gasteiger partial charge < -0.3 is 9.64 Å². The van der Waals surface area contributed by atoms with Crippen molar-refractivity contribution in [2.75, 3.05) is 18.5 Å². The number of carbonyl (C=O) groups excluding carboxylic acids is 1. The fraction of sp³-hybridized carbons (Fsp3) is 0.500. The number of hydrogen-bond donors (Lipinski definition) is 0. The molecule has 0 radical (unpaired) electrons. The minimum Gasteiger partial charge on any atom is -0.493 e. The molecular formula is C14H16BrNO2. The van der Waals surface area contributed by atoms with Crippen LogP contribution in [0.5, 0.6) is 5.75 Å². The van der Waals surface area contributed by atoms with E-state index in [0.717, 1.165) is 37.2 Å². The molecule has 1 fully saturated rings. The van der Waals surface area contributed by atoms with Crippen LogP contribution in [0.25, 0.3) is 0 Å². The zero-order valence-corrected chi connectivity index (χ0v) is 11.8. The van der Waals surface area contributed by atoms with Crippen molar-refractivity contribution < 1.29 is 9.53 Å². The van der Waals surface area contributed by atoms with Gasteiger partial charge in [0.25, 0.3) is 0 Å². The summed E-state index contributed by atoms with van der Waals surface area (Å²) >= 11 is 3.46. The van der Waals surface area contributed by atoms with E-state index in [1.54, 1.807) is 0 Å².